The summed E-state index contributed by atoms with van der Waals surface area (Å²) in [7, 11) is 0. The zero-order valence-corrected chi connectivity index (χ0v) is 11.9. The van der Waals surface area contributed by atoms with Crippen LogP contribution in [0.1, 0.15) is 48.5 Å². The summed E-state index contributed by atoms with van der Waals surface area (Å²) in [5, 5.41) is 6.88. The van der Waals surface area contributed by atoms with E-state index in [4.69, 9.17) is 11.6 Å². The van der Waals surface area contributed by atoms with Crippen LogP contribution in [-0.4, -0.2) is 27.9 Å². The van der Waals surface area contributed by atoms with Gasteiger partial charge in [0.1, 0.15) is 4.88 Å². The van der Waals surface area contributed by atoms with Crippen molar-refractivity contribution in [1.29, 1.82) is 0 Å². The number of carbonyl (C=O) groups excluding carboxylic acids is 1. The maximum atomic E-state index is 11.9. The van der Waals surface area contributed by atoms with Gasteiger partial charge in [-0.2, -0.15) is 0 Å². The Morgan fingerprint density at radius 1 is 1.47 bits per heavy atom. The fourth-order valence-electron chi connectivity index (χ4n) is 1.37. The van der Waals surface area contributed by atoms with Gasteiger partial charge in [-0.15, -0.1) is 16.7 Å². The molecule has 6 heteroatoms. The minimum atomic E-state index is -0.0786. The summed E-state index contributed by atoms with van der Waals surface area (Å²) in [5.74, 6) is 1.15. The minimum absolute atomic E-state index is 0.0786. The molecule has 96 valence electrons. The van der Waals surface area contributed by atoms with Gasteiger partial charge in [-0.25, -0.2) is 0 Å². The molecule has 17 heavy (non-hydrogen) atoms. The number of halogens is 1. The third-order valence-corrected chi connectivity index (χ3v) is 3.44. The van der Waals surface area contributed by atoms with Crippen molar-refractivity contribution < 1.29 is 4.79 Å². The van der Waals surface area contributed by atoms with E-state index < -0.39 is 0 Å². The molecule has 1 unspecified atom stereocenters. The Balaban J connectivity index is 2.55. The summed E-state index contributed by atoms with van der Waals surface area (Å²) in [6, 6.07) is 0. The van der Waals surface area contributed by atoms with Crippen molar-refractivity contribution in [2.75, 3.05) is 12.4 Å². The smallest absolute Gasteiger partial charge is 0.264 e. The lowest BCUT2D eigenvalue weighted by atomic mass is 10.1. The third kappa shape index (κ3) is 4.24. The number of amides is 1. The first-order chi connectivity index (χ1) is 8.06. The Morgan fingerprint density at radius 3 is 2.76 bits per heavy atom. The highest BCUT2D eigenvalue weighted by atomic mass is 35.5. The van der Waals surface area contributed by atoms with E-state index in [1.165, 1.54) is 0 Å². The first-order valence-corrected chi connectivity index (χ1v) is 7.03. The Labute approximate surface area is 111 Å². The number of hydrogen-bond donors (Lipinski definition) is 1. The van der Waals surface area contributed by atoms with Gasteiger partial charge in [0.05, 0.1) is 5.69 Å². The highest BCUT2D eigenvalue weighted by molar-refractivity contribution is 7.08. The quantitative estimate of drug-likeness (QED) is 0.812. The summed E-state index contributed by atoms with van der Waals surface area (Å²) in [6.45, 7) is 6.71. The zero-order chi connectivity index (χ0) is 12.8. The van der Waals surface area contributed by atoms with Gasteiger partial charge in [0.15, 0.2) is 0 Å². The van der Waals surface area contributed by atoms with Crippen LogP contribution in [0.25, 0.3) is 0 Å². The van der Waals surface area contributed by atoms with Crippen LogP contribution >= 0.6 is 23.1 Å². The molecule has 1 N–H and O–H groups in total. The van der Waals surface area contributed by atoms with E-state index in [0.29, 0.717) is 23.2 Å². The number of rotatable bonds is 6. The standard InChI is InChI=1S/C11H18ClN3OS/c1-7(2)9-10(17-15-14-9)11(16)13-6-8(3)4-5-12/h7-8H,4-6H2,1-3H3,(H,13,16). The molecule has 0 spiro atoms. The van der Waals surface area contributed by atoms with E-state index in [2.05, 4.69) is 21.8 Å². The van der Waals surface area contributed by atoms with Gasteiger partial charge in [0.2, 0.25) is 0 Å². The molecule has 0 bridgehead atoms. The molecule has 0 fully saturated rings. The van der Waals surface area contributed by atoms with Crippen LogP contribution in [0.2, 0.25) is 0 Å². The molecular formula is C11H18ClN3OS. The fourth-order valence-corrected chi connectivity index (χ4v) is 2.48. The average Bonchev–Trinajstić information content (AvgIpc) is 2.75. The van der Waals surface area contributed by atoms with Gasteiger partial charge in [0, 0.05) is 12.4 Å². The number of nitrogens with one attached hydrogen (secondary N) is 1. The molecule has 0 radical (unpaired) electrons. The molecule has 0 aliphatic rings. The monoisotopic (exact) mass is 275 g/mol. The van der Waals surface area contributed by atoms with Crippen molar-refractivity contribution in [3.63, 3.8) is 0 Å². The molecule has 1 amide bonds. The molecule has 0 saturated carbocycles. The highest BCUT2D eigenvalue weighted by Crippen LogP contribution is 2.19. The van der Waals surface area contributed by atoms with Gasteiger partial charge in [-0.05, 0) is 29.8 Å². The number of hydrogen-bond acceptors (Lipinski definition) is 4. The summed E-state index contributed by atoms with van der Waals surface area (Å²) < 4.78 is 3.84. The Kier molecular flexibility index (Phi) is 5.85. The summed E-state index contributed by atoms with van der Waals surface area (Å²) >= 11 is 6.80. The number of aromatic nitrogens is 2. The molecule has 1 aromatic heterocycles. The van der Waals surface area contributed by atoms with Crippen molar-refractivity contribution in [3.8, 4) is 0 Å². The van der Waals surface area contributed by atoms with E-state index in [1.807, 2.05) is 13.8 Å². The fraction of sp³-hybridized carbons (Fsp3) is 0.727. The van der Waals surface area contributed by atoms with Crippen molar-refractivity contribution in [1.82, 2.24) is 14.9 Å². The maximum Gasteiger partial charge on any atom is 0.264 e. The molecule has 1 aromatic rings. The van der Waals surface area contributed by atoms with Crippen LogP contribution in [-0.2, 0) is 0 Å². The van der Waals surface area contributed by atoms with E-state index >= 15 is 0 Å². The van der Waals surface area contributed by atoms with Crippen LogP contribution in [0, 0.1) is 5.92 Å². The SMILES string of the molecule is CC(CCCl)CNC(=O)c1snnc1C(C)C. The number of alkyl halides is 1. The predicted molar refractivity (Wildman–Crippen MR) is 70.8 cm³/mol. The van der Waals surface area contributed by atoms with E-state index in [-0.39, 0.29) is 11.8 Å². The Hall–Kier alpha value is -0.680. The second kappa shape index (κ2) is 6.91. The van der Waals surface area contributed by atoms with Gasteiger partial charge in [-0.3, -0.25) is 4.79 Å². The largest absolute Gasteiger partial charge is 0.351 e. The lowest BCUT2D eigenvalue weighted by molar-refractivity contribution is 0.0950. The summed E-state index contributed by atoms with van der Waals surface area (Å²) in [6.07, 6.45) is 0.903. The van der Waals surface area contributed by atoms with E-state index in [1.54, 1.807) is 0 Å². The Bertz CT molecular complexity index is 367. The highest BCUT2D eigenvalue weighted by Gasteiger charge is 2.18. The molecule has 1 heterocycles. The molecule has 0 aliphatic heterocycles. The third-order valence-electron chi connectivity index (χ3n) is 2.48. The summed E-state index contributed by atoms with van der Waals surface area (Å²) in [5.41, 5.74) is 0.775. The van der Waals surface area contributed by atoms with Crippen LogP contribution in [0.4, 0.5) is 0 Å². The molecule has 1 rings (SSSR count). The van der Waals surface area contributed by atoms with Gasteiger partial charge in [-0.1, -0.05) is 25.3 Å². The number of nitrogens with zero attached hydrogens (tertiary/aromatic N) is 2. The maximum absolute atomic E-state index is 11.9. The Morgan fingerprint density at radius 2 is 2.18 bits per heavy atom. The van der Waals surface area contributed by atoms with Gasteiger partial charge >= 0.3 is 0 Å². The second-order valence-corrected chi connectivity index (χ2v) is 5.57. The second-order valence-electron chi connectivity index (χ2n) is 4.43. The zero-order valence-electron chi connectivity index (χ0n) is 10.4. The number of carbonyl (C=O) groups is 1. The van der Waals surface area contributed by atoms with Gasteiger partial charge < -0.3 is 5.32 Å². The van der Waals surface area contributed by atoms with Crippen molar-refractivity contribution in [2.45, 2.75) is 33.1 Å². The topological polar surface area (TPSA) is 54.9 Å². The van der Waals surface area contributed by atoms with Crippen LogP contribution < -0.4 is 5.32 Å². The predicted octanol–water partition coefficient (Wildman–Crippen LogP) is 2.66. The lowest BCUT2D eigenvalue weighted by Gasteiger charge is -2.10. The van der Waals surface area contributed by atoms with Gasteiger partial charge in [0.25, 0.3) is 5.91 Å². The van der Waals surface area contributed by atoms with Crippen LogP contribution in [0.3, 0.4) is 0 Å². The van der Waals surface area contributed by atoms with Crippen LogP contribution in [0.15, 0.2) is 0 Å². The molecule has 0 aromatic carbocycles. The molecule has 1 atom stereocenters. The van der Waals surface area contributed by atoms with Crippen molar-refractivity contribution in [2.24, 2.45) is 5.92 Å². The first-order valence-electron chi connectivity index (χ1n) is 5.72. The van der Waals surface area contributed by atoms with E-state index in [9.17, 15) is 4.79 Å². The first kappa shape index (κ1) is 14.4. The van der Waals surface area contributed by atoms with E-state index in [0.717, 1.165) is 23.6 Å². The minimum Gasteiger partial charge on any atom is -0.351 e. The average molecular weight is 276 g/mol. The van der Waals surface area contributed by atoms with Crippen molar-refractivity contribution >= 4 is 29.0 Å². The molecule has 0 aliphatic carbocycles. The molecule has 4 nitrogen and oxygen atoms in total. The van der Waals surface area contributed by atoms with Crippen molar-refractivity contribution in [3.05, 3.63) is 10.6 Å². The summed E-state index contributed by atoms with van der Waals surface area (Å²) in [4.78, 5) is 12.5. The van der Waals surface area contributed by atoms with Crippen LogP contribution in [0.5, 0.6) is 0 Å². The molecular weight excluding hydrogens is 258 g/mol. The lowest BCUT2D eigenvalue weighted by Crippen LogP contribution is -2.28. The normalized spacial score (nSPS) is 12.8. The molecule has 0 saturated heterocycles.